The van der Waals surface area contributed by atoms with Crippen molar-refractivity contribution in [3.8, 4) is 5.75 Å². The molecule has 0 bridgehead atoms. The highest BCUT2D eigenvalue weighted by Crippen LogP contribution is 2.45. The lowest BCUT2D eigenvalue weighted by Crippen LogP contribution is -2.25. The van der Waals surface area contributed by atoms with E-state index >= 15 is 4.39 Å². The highest BCUT2D eigenvalue weighted by atomic mass is 19.1. The number of nitrogens with zero attached hydrogens (tertiary/aromatic N) is 2. The first-order valence-corrected chi connectivity index (χ1v) is 9.12. The third-order valence-corrected chi connectivity index (χ3v) is 5.56. The Morgan fingerprint density at radius 3 is 2.50 bits per heavy atom. The molecule has 1 saturated carbocycles. The van der Waals surface area contributed by atoms with E-state index in [1.165, 1.54) is 13.3 Å². The number of carbonyl (C=O) groups excluding carboxylic acids is 1. The van der Waals surface area contributed by atoms with Gasteiger partial charge in [-0.05, 0) is 18.9 Å². The third kappa shape index (κ3) is 2.66. The number of ketones is 1. The van der Waals surface area contributed by atoms with Gasteiger partial charge in [-0.2, -0.15) is 0 Å². The fraction of sp³-hybridized carbons (Fsp3) is 0.450. The zero-order chi connectivity index (χ0) is 20.4. The number of Topliss-reactive ketones (excluding diaryl/α,β-unsaturated/α-hetero) is 1. The number of rotatable bonds is 4. The molecule has 2 heterocycles. The number of hydrogen-bond donors (Lipinski definition) is 1. The molecule has 0 spiro atoms. The van der Waals surface area contributed by atoms with Gasteiger partial charge in [0.1, 0.15) is 11.3 Å². The van der Waals surface area contributed by atoms with Crippen molar-refractivity contribution in [1.82, 2.24) is 4.57 Å². The van der Waals surface area contributed by atoms with Gasteiger partial charge in [0.05, 0.1) is 24.6 Å². The van der Waals surface area contributed by atoms with Crippen LogP contribution < -0.4 is 15.1 Å². The number of hydrogen-bond acceptors (Lipinski definition) is 5. The van der Waals surface area contributed by atoms with Crippen LogP contribution in [-0.4, -0.2) is 41.6 Å². The number of pyridine rings is 1. The second kappa shape index (κ2) is 6.05. The van der Waals surface area contributed by atoms with Crippen molar-refractivity contribution in [2.45, 2.75) is 32.7 Å². The van der Waals surface area contributed by atoms with Crippen molar-refractivity contribution in [1.29, 1.82) is 0 Å². The molecule has 0 atom stereocenters. The van der Waals surface area contributed by atoms with Crippen molar-refractivity contribution in [2.24, 2.45) is 5.41 Å². The predicted molar refractivity (Wildman–Crippen MR) is 101 cm³/mol. The van der Waals surface area contributed by atoms with Gasteiger partial charge in [-0.1, -0.05) is 13.8 Å². The molecule has 0 radical (unpaired) electrons. The molecule has 2 fully saturated rings. The Morgan fingerprint density at radius 2 is 2.00 bits per heavy atom. The normalized spacial score (nSPS) is 18.7. The van der Waals surface area contributed by atoms with Gasteiger partial charge in [-0.3, -0.25) is 9.59 Å². The number of carboxylic acid groups (broad SMARTS) is 1. The van der Waals surface area contributed by atoms with Crippen molar-refractivity contribution < 1.29 is 23.8 Å². The Morgan fingerprint density at radius 1 is 1.32 bits per heavy atom. The summed E-state index contributed by atoms with van der Waals surface area (Å²) < 4.78 is 22.4. The minimum absolute atomic E-state index is 0.00476. The first-order chi connectivity index (χ1) is 13.2. The van der Waals surface area contributed by atoms with Crippen LogP contribution in [0.5, 0.6) is 5.75 Å². The zero-order valence-corrected chi connectivity index (χ0v) is 15.9. The van der Waals surface area contributed by atoms with E-state index in [9.17, 15) is 19.5 Å². The van der Waals surface area contributed by atoms with Gasteiger partial charge in [0.15, 0.2) is 17.3 Å². The first-order valence-electron chi connectivity index (χ1n) is 9.12. The molecule has 0 unspecified atom stereocenters. The van der Waals surface area contributed by atoms with Crippen molar-refractivity contribution in [2.75, 3.05) is 25.1 Å². The minimum Gasteiger partial charge on any atom is -0.492 e. The maximum atomic E-state index is 15.1. The van der Waals surface area contributed by atoms with Crippen LogP contribution in [0.1, 0.15) is 43.1 Å². The number of carbonyl (C=O) groups is 2. The summed E-state index contributed by atoms with van der Waals surface area (Å²) in [6.45, 7) is 3.98. The number of fused-ring (bicyclic) bond motifs is 1. The quantitative estimate of drug-likeness (QED) is 0.866. The van der Waals surface area contributed by atoms with Crippen LogP contribution >= 0.6 is 0 Å². The molecule has 7 nitrogen and oxygen atoms in total. The van der Waals surface area contributed by atoms with Gasteiger partial charge in [0.25, 0.3) is 0 Å². The van der Waals surface area contributed by atoms with E-state index in [0.717, 1.165) is 18.9 Å². The van der Waals surface area contributed by atoms with E-state index in [4.69, 9.17) is 4.74 Å². The number of carboxylic acids is 1. The number of anilines is 1. The Balaban J connectivity index is 2.04. The lowest BCUT2D eigenvalue weighted by Gasteiger charge is -2.25. The largest absolute Gasteiger partial charge is 0.492 e. The topological polar surface area (TPSA) is 88.8 Å². The molecule has 1 aromatic heterocycles. The standard InChI is InChI=1S/C20H21FN2O5/c1-20(2)9-22(8-14(20)24)16-13(21)6-11-15(18(16)28-3)23(10-4-5-10)7-12(17(11)25)19(26)27/h6-7,10H,4-5,8-9H2,1-3H3,(H,26,27). The lowest BCUT2D eigenvalue weighted by atomic mass is 9.92. The summed E-state index contributed by atoms with van der Waals surface area (Å²) in [6.07, 6.45) is 2.98. The van der Waals surface area contributed by atoms with Gasteiger partial charge < -0.3 is 19.3 Å². The van der Waals surface area contributed by atoms with Crippen molar-refractivity contribution >= 4 is 28.3 Å². The average molecular weight is 388 g/mol. The van der Waals surface area contributed by atoms with Crippen LogP contribution in [0.15, 0.2) is 17.1 Å². The van der Waals surface area contributed by atoms with Gasteiger partial charge in [0.2, 0.25) is 5.43 Å². The lowest BCUT2D eigenvalue weighted by molar-refractivity contribution is -0.122. The number of methoxy groups -OCH3 is 1. The molecule has 1 saturated heterocycles. The molecular formula is C20H21FN2O5. The molecule has 1 N–H and O–H groups in total. The molecule has 1 aliphatic heterocycles. The summed E-state index contributed by atoms with van der Waals surface area (Å²) in [5.41, 5.74) is -1.26. The summed E-state index contributed by atoms with van der Waals surface area (Å²) in [4.78, 5) is 38.1. The summed E-state index contributed by atoms with van der Waals surface area (Å²) >= 11 is 0. The van der Waals surface area contributed by atoms with E-state index in [0.29, 0.717) is 12.1 Å². The summed E-state index contributed by atoms with van der Waals surface area (Å²) in [7, 11) is 1.38. The summed E-state index contributed by atoms with van der Waals surface area (Å²) in [6, 6.07) is 1.10. The van der Waals surface area contributed by atoms with Crippen LogP contribution in [0.3, 0.4) is 0 Å². The predicted octanol–water partition coefficient (Wildman–Crippen LogP) is 2.60. The van der Waals surface area contributed by atoms with E-state index in [-0.39, 0.29) is 35.2 Å². The Bertz CT molecular complexity index is 1080. The molecule has 2 aromatic rings. The van der Waals surface area contributed by atoms with Crippen LogP contribution in [0.25, 0.3) is 10.9 Å². The van der Waals surface area contributed by atoms with E-state index in [2.05, 4.69) is 0 Å². The first kappa shape index (κ1) is 18.5. The molecule has 2 aliphatic rings. The highest BCUT2D eigenvalue weighted by molar-refractivity contribution is 5.99. The number of aromatic carboxylic acids is 1. The van der Waals surface area contributed by atoms with Crippen molar-refractivity contribution in [3.05, 3.63) is 33.9 Å². The molecule has 4 rings (SSSR count). The number of ether oxygens (including phenoxy) is 1. The van der Waals surface area contributed by atoms with E-state index < -0.39 is 28.2 Å². The van der Waals surface area contributed by atoms with Gasteiger partial charge in [0, 0.05) is 24.2 Å². The van der Waals surface area contributed by atoms with E-state index in [1.54, 1.807) is 23.3 Å². The molecule has 28 heavy (non-hydrogen) atoms. The monoisotopic (exact) mass is 388 g/mol. The SMILES string of the molecule is COc1c(N2CC(=O)C(C)(C)C2)c(F)cc2c(=O)c(C(=O)O)cn(C3CC3)c12. The van der Waals surface area contributed by atoms with Crippen LogP contribution in [0.2, 0.25) is 0 Å². The van der Waals surface area contributed by atoms with Crippen LogP contribution in [0, 0.1) is 11.2 Å². The highest BCUT2D eigenvalue weighted by Gasteiger charge is 2.40. The smallest absolute Gasteiger partial charge is 0.341 e. The molecule has 1 aromatic carbocycles. The van der Waals surface area contributed by atoms with Crippen LogP contribution in [0.4, 0.5) is 10.1 Å². The fourth-order valence-electron chi connectivity index (χ4n) is 3.89. The molecule has 0 amide bonds. The van der Waals surface area contributed by atoms with Crippen LogP contribution in [-0.2, 0) is 4.79 Å². The Hall–Kier alpha value is -2.90. The Labute approximate surface area is 160 Å². The fourth-order valence-corrected chi connectivity index (χ4v) is 3.89. The minimum atomic E-state index is -1.35. The van der Waals surface area contributed by atoms with Gasteiger partial charge in [-0.25, -0.2) is 9.18 Å². The summed E-state index contributed by atoms with van der Waals surface area (Å²) in [5.74, 6) is -1.91. The molecular weight excluding hydrogens is 367 g/mol. The maximum absolute atomic E-state index is 15.1. The number of benzene rings is 1. The van der Waals surface area contributed by atoms with Gasteiger partial charge in [-0.15, -0.1) is 0 Å². The van der Waals surface area contributed by atoms with E-state index in [1.807, 2.05) is 0 Å². The Kier molecular flexibility index (Phi) is 3.99. The summed E-state index contributed by atoms with van der Waals surface area (Å²) in [5, 5.41) is 9.34. The number of halogens is 1. The molecule has 148 valence electrons. The third-order valence-electron chi connectivity index (χ3n) is 5.56. The number of aromatic nitrogens is 1. The second-order valence-corrected chi connectivity index (χ2v) is 8.12. The second-order valence-electron chi connectivity index (χ2n) is 8.12. The average Bonchev–Trinajstić information content (AvgIpc) is 3.41. The molecule has 1 aliphatic carbocycles. The maximum Gasteiger partial charge on any atom is 0.341 e. The van der Waals surface area contributed by atoms with Crippen molar-refractivity contribution in [3.63, 3.8) is 0 Å². The van der Waals surface area contributed by atoms with Gasteiger partial charge >= 0.3 is 5.97 Å². The molecule has 8 heteroatoms. The zero-order valence-electron chi connectivity index (χ0n) is 15.9.